The number of aryl methyl sites for hydroxylation is 1. The summed E-state index contributed by atoms with van der Waals surface area (Å²) in [6, 6.07) is 48.4. The van der Waals surface area contributed by atoms with Gasteiger partial charge >= 0.3 is 21.1 Å². The molecule has 0 amide bonds. The molecule has 0 aliphatic carbocycles. The second-order valence-electron chi connectivity index (χ2n) is 12.1. The van der Waals surface area contributed by atoms with Crippen molar-refractivity contribution in [2.45, 2.75) is 0 Å². The summed E-state index contributed by atoms with van der Waals surface area (Å²) in [5, 5.41) is 4.41. The van der Waals surface area contributed by atoms with Crippen LogP contribution in [0.4, 0.5) is 0 Å². The zero-order valence-corrected chi connectivity index (χ0v) is 29.0. The molecule has 0 radical (unpaired) electrons. The first-order valence-corrected chi connectivity index (χ1v) is 16.1. The van der Waals surface area contributed by atoms with Crippen molar-refractivity contribution in [3.63, 3.8) is 0 Å². The molecule has 0 saturated heterocycles. The third-order valence-electron chi connectivity index (χ3n) is 9.29. The fourth-order valence-electron chi connectivity index (χ4n) is 7.00. The Morgan fingerprint density at radius 3 is 1.80 bits per heavy atom. The summed E-state index contributed by atoms with van der Waals surface area (Å²) in [5.41, 5.74) is 8.00. The zero-order valence-electron chi connectivity index (χ0n) is 26.7. The number of ether oxygens (including phenoxy) is 1. The Labute approximate surface area is 301 Å². The number of hydrogen-bond donors (Lipinski definition) is 0. The summed E-state index contributed by atoms with van der Waals surface area (Å²) >= 11 is 0. The first-order valence-electron chi connectivity index (χ1n) is 16.1. The van der Waals surface area contributed by atoms with E-state index in [4.69, 9.17) is 14.7 Å². The molecule has 0 aliphatic heterocycles. The van der Waals surface area contributed by atoms with Gasteiger partial charge in [0.15, 0.2) is 0 Å². The van der Waals surface area contributed by atoms with Gasteiger partial charge in [-0.3, -0.25) is 4.98 Å². The third-order valence-corrected chi connectivity index (χ3v) is 9.29. The maximum Gasteiger partial charge on any atom is 2.00 e. The molecule has 0 N–H and O–H groups in total. The molecule has 0 fully saturated rings. The zero-order chi connectivity index (χ0) is 32.5. The van der Waals surface area contributed by atoms with Crippen molar-refractivity contribution >= 4 is 54.6 Å². The van der Waals surface area contributed by atoms with Gasteiger partial charge < -0.3 is 18.4 Å². The first-order chi connectivity index (χ1) is 24.2. The van der Waals surface area contributed by atoms with E-state index in [9.17, 15) is 0 Å². The Morgan fingerprint density at radius 1 is 0.560 bits per heavy atom. The number of nitrogens with zero attached hydrogens (tertiary/aromatic N) is 6. The molecule has 10 rings (SSSR count). The van der Waals surface area contributed by atoms with E-state index >= 15 is 0 Å². The topological polar surface area (TPSA) is 62.7 Å². The molecular weight excluding hydrogens is 800 g/mol. The van der Waals surface area contributed by atoms with Gasteiger partial charge in [-0.1, -0.05) is 59.6 Å². The van der Waals surface area contributed by atoms with E-state index in [0.717, 1.165) is 77.5 Å². The molecule has 0 atom stereocenters. The van der Waals surface area contributed by atoms with Crippen molar-refractivity contribution in [1.82, 2.24) is 28.7 Å². The first kappa shape index (κ1) is 30.0. The summed E-state index contributed by atoms with van der Waals surface area (Å²) in [6.45, 7) is 0. The van der Waals surface area contributed by atoms with Gasteiger partial charge in [0, 0.05) is 53.7 Å². The SMILES string of the molecule is Cn1c(-n2c3[c-]c(Oc4[c-]c5c(cc4)c4ccccc4n5-c4ccc(-c5ccncc5)cn4)ccc3c3ccccc32)nc2ccccc21.[Pt+2]. The van der Waals surface area contributed by atoms with Crippen LogP contribution in [0.2, 0.25) is 0 Å². The fraction of sp³-hybridized carbons (Fsp3) is 0.0238. The van der Waals surface area contributed by atoms with Crippen LogP contribution in [0.1, 0.15) is 0 Å². The van der Waals surface area contributed by atoms with Crippen LogP contribution in [0.3, 0.4) is 0 Å². The predicted octanol–water partition coefficient (Wildman–Crippen LogP) is 9.61. The Balaban J connectivity index is 0.00000336. The molecule has 0 aliphatic rings. The quantitative estimate of drug-likeness (QED) is 0.162. The average Bonchev–Trinajstić information content (AvgIpc) is 3.78. The van der Waals surface area contributed by atoms with Crippen LogP contribution in [0.25, 0.3) is 77.5 Å². The van der Waals surface area contributed by atoms with Gasteiger partial charge in [0.2, 0.25) is 5.95 Å². The van der Waals surface area contributed by atoms with E-state index in [1.165, 1.54) is 0 Å². The van der Waals surface area contributed by atoms with E-state index in [2.05, 4.69) is 105 Å². The number of hydrogen-bond acceptors (Lipinski definition) is 4. The summed E-state index contributed by atoms with van der Waals surface area (Å²) in [7, 11) is 2.05. The second-order valence-corrected chi connectivity index (χ2v) is 12.1. The number of fused-ring (bicyclic) bond motifs is 7. The molecular formula is C42H26N6OPt. The number of benzene rings is 5. The molecule has 10 aromatic rings. The van der Waals surface area contributed by atoms with Crippen molar-refractivity contribution < 1.29 is 25.8 Å². The standard InChI is InChI=1S/C42H26N6O.Pt/c1-46-38-13-7-4-10-35(38)45-42(46)48-37-12-6-3-9-32(37)34-18-16-30(25-40(34)48)49-29-15-17-33-31-8-2-5-11-36(31)47(39(33)24-29)41-19-14-28(26-44-41)27-20-22-43-23-21-27;/h2-23,26H,1H3;/q-2;+2. The minimum absolute atomic E-state index is 0. The second kappa shape index (κ2) is 11.8. The van der Waals surface area contributed by atoms with E-state index in [-0.39, 0.29) is 21.1 Å². The van der Waals surface area contributed by atoms with E-state index < -0.39 is 0 Å². The number of imidazole rings is 1. The van der Waals surface area contributed by atoms with Crippen LogP contribution >= 0.6 is 0 Å². The summed E-state index contributed by atoms with van der Waals surface area (Å²) in [4.78, 5) is 14.1. The van der Waals surface area contributed by atoms with Gasteiger partial charge in [-0.2, -0.15) is 12.1 Å². The molecule has 240 valence electrons. The molecule has 5 heterocycles. The normalized spacial score (nSPS) is 11.5. The van der Waals surface area contributed by atoms with E-state index in [1.807, 2.05) is 60.8 Å². The Hall–Kier alpha value is -6.04. The molecule has 0 spiro atoms. The van der Waals surface area contributed by atoms with Crippen LogP contribution in [0.5, 0.6) is 11.5 Å². The molecule has 0 saturated carbocycles. The summed E-state index contributed by atoms with van der Waals surface area (Å²) in [5.74, 6) is 2.80. The molecule has 7 nitrogen and oxygen atoms in total. The minimum Gasteiger partial charge on any atom is -0.509 e. The largest absolute Gasteiger partial charge is 2.00 e. The smallest absolute Gasteiger partial charge is 0.509 e. The van der Waals surface area contributed by atoms with Gasteiger partial charge in [0.05, 0.1) is 11.0 Å². The van der Waals surface area contributed by atoms with Crippen molar-refractivity contribution in [1.29, 1.82) is 0 Å². The maximum absolute atomic E-state index is 6.54. The van der Waals surface area contributed by atoms with Crippen molar-refractivity contribution in [3.8, 4) is 34.4 Å². The monoisotopic (exact) mass is 825 g/mol. The van der Waals surface area contributed by atoms with Gasteiger partial charge in [-0.05, 0) is 64.9 Å². The molecule has 5 aromatic carbocycles. The Bertz CT molecular complexity index is 2870. The van der Waals surface area contributed by atoms with E-state index in [0.29, 0.717) is 11.5 Å². The van der Waals surface area contributed by atoms with Crippen molar-refractivity contribution in [2.24, 2.45) is 7.05 Å². The van der Waals surface area contributed by atoms with Gasteiger partial charge in [-0.25, -0.2) is 9.97 Å². The van der Waals surface area contributed by atoms with Crippen molar-refractivity contribution in [3.05, 3.63) is 152 Å². The van der Waals surface area contributed by atoms with Crippen molar-refractivity contribution in [2.75, 3.05) is 0 Å². The summed E-state index contributed by atoms with van der Waals surface area (Å²) < 4.78 is 13.0. The van der Waals surface area contributed by atoms with Crippen LogP contribution in [0.15, 0.2) is 140 Å². The number of aromatic nitrogens is 6. The number of para-hydroxylation sites is 4. The predicted molar refractivity (Wildman–Crippen MR) is 195 cm³/mol. The van der Waals surface area contributed by atoms with Gasteiger partial charge in [0.1, 0.15) is 5.82 Å². The van der Waals surface area contributed by atoms with Crippen LogP contribution in [0, 0.1) is 12.1 Å². The number of pyridine rings is 2. The molecule has 50 heavy (non-hydrogen) atoms. The fourth-order valence-corrected chi connectivity index (χ4v) is 7.00. The third kappa shape index (κ3) is 4.66. The van der Waals surface area contributed by atoms with Gasteiger partial charge in [-0.15, -0.1) is 35.0 Å². The van der Waals surface area contributed by atoms with Crippen LogP contribution < -0.4 is 4.74 Å². The maximum atomic E-state index is 6.54. The molecule has 5 aromatic heterocycles. The molecule has 0 bridgehead atoms. The Morgan fingerprint density at radius 2 is 1.16 bits per heavy atom. The van der Waals surface area contributed by atoms with E-state index in [1.54, 1.807) is 12.4 Å². The summed E-state index contributed by atoms with van der Waals surface area (Å²) in [6.07, 6.45) is 5.49. The molecule has 8 heteroatoms. The Kier molecular flexibility index (Phi) is 7.11. The molecule has 0 unspecified atom stereocenters. The minimum atomic E-state index is 0. The van der Waals surface area contributed by atoms with Gasteiger partial charge in [0.25, 0.3) is 0 Å². The average molecular weight is 826 g/mol. The van der Waals surface area contributed by atoms with Crippen LogP contribution in [-0.2, 0) is 28.1 Å². The van der Waals surface area contributed by atoms with Crippen LogP contribution in [-0.4, -0.2) is 28.7 Å². The number of rotatable bonds is 5.